The van der Waals surface area contributed by atoms with Crippen molar-refractivity contribution in [1.29, 1.82) is 0 Å². The molecule has 0 atom stereocenters. The van der Waals surface area contributed by atoms with Crippen molar-refractivity contribution in [2.24, 2.45) is 0 Å². The molecule has 2 N–H and O–H groups in total. The van der Waals surface area contributed by atoms with Crippen LogP contribution in [0.1, 0.15) is 21.5 Å². The van der Waals surface area contributed by atoms with Crippen molar-refractivity contribution in [1.82, 2.24) is 0 Å². The summed E-state index contributed by atoms with van der Waals surface area (Å²) in [5.74, 6) is -0.170. The molecular weight excluding hydrogens is 306 g/mol. The van der Waals surface area contributed by atoms with Crippen LogP contribution in [0.25, 0.3) is 0 Å². The van der Waals surface area contributed by atoms with E-state index in [1.807, 2.05) is 30.3 Å². The molecule has 0 unspecified atom stereocenters. The Labute approximate surface area is 120 Å². The third kappa shape index (κ3) is 3.22. The van der Waals surface area contributed by atoms with Gasteiger partial charge in [0.25, 0.3) is 5.91 Å². The third-order valence-corrected chi connectivity index (χ3v) is 3.45. The SMILES string of the molecule is O=C(Nc1ccccc1CO)c1ccccc1CBr. The monoisotopic (exact) mass is 319 g/mol. The maximum absolute atomic E-state index is 12.2. The minimum Gasteiger partial charge on any atom is -0.392 e. The highest BCUT2D eigenvalue weighted by molar-refractivity contribution is 9.08. The van der Waals surface area contributed by atoms with Gasteiger partial charge in [0.05, 0.1) is 6.61 Å². The summed E-state index contributed by atoms with van der Waals surface area (Å²) in [7, 11) is 0. The smallest absolute Gasteiger partial charge is 0.255 e. The lowest BCUT2D eigenvalue weighted by atomic mass is 10.1. The summed E-state index contributed by atoms with van der Waals surface area (Å²) in [6, 6.07) is 14.6. The van der Waals surface area contributed by atoms with E-state index in [-0.39, 0.29) is 12.5 Å². The van der Waals surface area contributed by atoms with Crippen molar-refractivity contribution >= 4 is 27.5 Å². The molecule has 0 saturated carbocycles. The summed E-state index contributed by atoms with van der Waals surface area (Å²) in [5, 5.41) is 12.7. The number of aliphatic hydroxyl groups is 1. The second kappa shape index (κ2) is 6.50. The number of anilines is 1. The summed E-state index contributed by atoms with van der Waals surface area (Å²) in [5.41, 5.74) is 2.90. The summed E-state index contributed by atoms with van der Waals surface area (Å²) in [4.78, 5) is 12.2. The highest BCUT2D eigenvalue weighted by Crippen LogP contribution is 2.18. The van der Waals surface area contributed by atoms with Gasteiger partial charge in [-0.2, -0.15) is 0 Å². The molecule has 0 fully saturated rings. The Morgan fingerprint density at radius 3 is 2.37 bits per heavy atom. The average molecular weight is 320 g/mol. The fourth-order valence-electron chi connectivity index (χ4n) is 1.83. The van der Waals surface area contributed by atoms with E-state index in [4.69, 9.17) is 0 Å². The van der Waals surface area contributed by atoms with Crippen molar-refractivity contribution in [3.63, 3.8) is 0 Å². The topological polar surface area (TPSA) is 49.3 Å². The van der Waals surface area contributed by atoms with Crippen LogP contribution in [0.15, 0.2) is 48.5 Å². The molecular formula is C15H14BrNO2. The van der Waals surface area contributed by atoms with Gasteiger partial charge in [-0.05, 0) is 17.7 Å². The van der Waals surface area contributed by atoms with Crippen LogP contribution >= 0.6 is 15.9 Å². The van der Waals surface area contributed by atoms with E-state index in [2.05, 4.69) is 21.2 Å². The molecule has 2 aromatic carbocycles. The van der Waals surface area contributed by atoms with Gasteiger partial charge in [-0.15, -0.1) is 0 Å². The van der Waals surface area contributed by atoms with Gasteiger partial charge in [0, 0.05) is 22.1 Å². The Morgan fingerprint density at radius 2 is 1.68 bits per heavy atom. The molecule has 0 aliphatic heterocycles. The first-order valence-corrected chi connectivity index (χ1v) is 7.02. The molecule has 0 aliphatic carbocycles. The number of rotatable bonds is 4. The second-order valence-corrected chi connectivity index (χ2v) is 4.62. The van der Waals surface area contributed by atoms with E-state index in [0.717, 1.165) is 5.56 Å². The number of para-hydroxylation sites is 1. The fraction of sp³-hybridized carbons (Fsp3) is 0.133. The Hall–Kier alpha value is -1.65. The third-order valence-electron chi connectivity index (χ3n) is 2.84. The van der Waals surface area contributed by atoms with Gasteiger partial charge in [-0.25, -0.2) is 0 Å². The van der Waals surface area contributed by atoms with Gasteiger partial charge >= 0.3 is 0 Å². The minimum atomic E-state index is -0.170. The van der Waals surface area contributed by atoms with Crippen LogP contribution < -0.4 is 5.32 Å². The summed E-state index contributed by atoms with van der Waals surface area (Å²) in [6.07, 6.45) is 0. The Kier molecular flexibility index (Phi) is 4.71. The van der Waals surface area contributed by atoms with Crippen molar-refractivity contribution < 1.29 is 9.90 Å². The maximum atomic E-state index is 12.2. The van der Waals surface area contributed by atoms with Crippen LogP contribution in [0.5, 0.6) is 0 Å². The van der Waals surface area contributed by atoms with Gasteiger partial charge in [-0.3, -0.25) is 4.79 Å². The highest BCUT2D eigenvalue weighted by atomic mass is 79.9. The molecule has 0 aliphatic rings. The van der Waals surface area contributed by atoms with Crippen molar-refractivity contribution in [3.05, 3.63) is 65.2 Å². The van der Waals surface area contributed by atoms with Crippen molar-refractivity contribution in [2.75, 3.05) is 5.32 Å². The molecule has 19 heavy (non-hydrogen) atoms. The number of carbonyl (C=O) groups excluding carboxylic acids is 1. The molecule has 0 bridgehead atoms. The number of halogens is 1. The molecule has 0 aromatic heterocycles. The van der Waals surface area contributed by atoms with Gasteiger partial charge < -0.3 is 10.4 Å². The lowest BCUT2D eigenvalue weighted by Crippen LogP contribution is -2.15. The first kappa shape index (κ1) is 13.8. The van der Waals surface area contributed by atoms with Gasteiger partial charge in [0.2, 0.25) is 0 Å². The highest BCUT2D eigenvalue weighted by Gasteiger charge is 2.11. The van der Waals surface area contributed by atoms with Crippen LogP contribution in [0, 0.1) is 0 Å². The standard InChI is InChI=1S/C15H14BrNO2/c16-9-11-5-1-3-7-13(11)15(19)17-14-8-4-2-6-12(14)10-18/h1-8,18H,9-10H2,(H,17,19). The lowest BCUT2D eigenvalue weighted by molar-refractivity contribution is 0.102. The molecule has 2 aromatic rings. The zero-order valence-corrected chi connectivity index (χ0v) is 11.9. The molecule has 3 nitrogen and oxygen atoms in total. The number of alkyl halides is 1. The van der Waals surface area contributed by atoms with Crippen LogP contribution in [-0.2, 0) is 11.9 Å². The predicted octanol–water partition coefficient (Wildman–Crippen LogP) is 3.33. The van der Waals surface area contributed by atoms with Gasteiger partial charge in [-0.1, -0.05) is 52.3 Å². The van der Waals surface area contributed by atoms with E-state index in [9.17, 15) is 9.90 Å². The van der Waals surface area contributed by atoms with E-state index < -0.39 is 0 Å². The van der Waals surface area contributed by atoms with Gasteiger partial charge in [0.1, 0.15) is 0 Å². The normalized spacial score (nSPS) is 10.2. The fourth-order valence-corrected chi connectivity index (χ4v) is 2.32. The predicted molar refractivity (Wildman–Crippen MR) is 79.4 cm³/mol. The first-order chi connectivity index (χ1) is 9.26. The average Bonchev–Trinajstić information content (AvgIpc) is 2.47. The van der Waals surface area contributed by atoms with Crippen LogP contribution in [0.3, 0.4) is 0 Å². The summed E-state index contributed by atoms with van der Waals surface area (Å²) < 4.78 is 0. The van der Waals surface area contributed by atoms with E-state index in [0.29, 0.717) is 22.1 Å². The van der Waals surface area contributed by atoms with E-state index in [1.54, 1.807) is 18.2 Å². The molecule has 98 valence electrons. The molecule has 0 spiro atoms. The van der Waals surface area contributed by atoms with E-state index >= 15 is 0 Å². The minimum absolute atomic E-state index is 0.101. The molecule has 2 rings (SSSR count). The van der Waals surface area contributed by atoms with Crippen LogP contribution in [-0.4, -0.2) is 11.0 Å². The lowest BCUT2D eigenvalue weighted by Gasteiger charge is -2.11. The number of hydrogen-bond donors (Lipinski definition) is 2. The molecule has 4 heteroatoms. The number of aliphatic hydroxyl groups excluding tert-OH is 1. The number of nitrogens with one attached hydrogen (secondary N) is 1. The number of benzene rings is 2. The maximum Gasteiger partial charge on any atom is 0.255 e. The number of amides is 1. The quantitative estimate of drug-likeness (QED) is 0.849. The Bertz CT molecular complexity index is 584. The molecule has 0 radical (unpaired) electrons. The summed E-state index contributed by atoms with van der Waals surface area (Å²) in [6.45, 7) is -0.101. The largest absolute Gasteiger partial charge is 0.392 e. The zero-order chi connectivity index (χ0) is 13.7. The van der Waals surface area contributed by atoms with Gasteiger partial charge in [0.15, 0.2) is 0 Å². The van der Waals surface area contributed by atoms with Crippen molar-refractivity contribution in [3.8, 4) is 0 Å². The zero-order valence-electron chi connectivity index (χ0n) is 10.3. The second-order valence-electron chi connectivity index (χ2n) is 4.06. The molecule has 1 amide bonds. The molecule has 0 saturated heterocycles. The first-order valence-electron chi connectivity index (χ1n) is 5.90. The number of carbonyl (C=O) groups is 1. The molecule has 0 heterocycles. The van der Waals surface area contributed by atoms with Crippen molar-refractivity contribution in [2.45, 2.75) is 11.9 Å². The Morgan fingerprint density at radius 1 is 1.05 bits per heavy atom. The van der Waals surface area contributed by atoms with E-state index in [1.165, 1.54) is 0 Å². The summed E-state index contributed by atoms with van der Waals surface area (Å²) >= 11 is 3.37. The Balaban J connectivity index is 2.26. The number of hydrogen-bond acceptors (Lipinski definition) is 2. The van der Waals surface area contributed by atoms with Crippen LogP contribution in [0.2, 0.25) is 0 Å². The van der Waals surface area contributed by atoms with Crippen LogP contribution in [0.4, 0.5) is 5.69 Å².